The number of carbonyl (C=O) groups excluding carboxylic acids is 2. The van der Waals surface area contributed by atoms with Gasteiger partial charge >= 0.3 is 0 Å². The first kappa shape index (κ1) is 15.2. The predicted octanol–water partition coefficient (Wildman–Crippen LogP) is 0.839. The Hall–Kier alpha value is -2.70. The first-order valence-corrected chi connectivity index (χ1v) is 7.36. The number of nitrogens with zero attached hydrogens (tertiary/aromatic N) is 3. The molecule has 0 saturated carbocycles. The Morgan fingerprint density at radius 3 is 2.74 bits per heavy atom. The average Bonchev–Trinajstić information content (AvgIpc) is 3.15. The molecule has 1 aliphatic rings. The topological polar surface area (TPSA) is 81.2 Å². The molecule has 1 aromatic carbocycles. The second-order valence-electron chi connectivity index (χ2n) is 5.60. The number of benzene rings is 1. The third-order valence-corrected chi connectivity index (χ3v) is 3.91. The largest absolute Gasteiger partial charge is 0.368 e. The van der Waals surface area contributed by atoms with Crippen molar-refractivity contribution in [1.29, 1.82) is 0 Å². The zero-order valence-corrected chi connectivity index (χ0v) is 12.4. The van der Waals surface area contributed by atoms with Crippen molar-refractivity contribution < 1.29 is 14.0 Å². The first-order chi connectivity index (χ1) is 11.0. The van der Waals surface area contributed by atoms with Crippen LogP contribution < -0.4 is 5.73 Å². The number of para-hydroxylation sites is 1. The molecule has 1 aliphatic heterocycles. The maximum absolute atomic E-state index is 13.5. The number of carbonyl (C=O) groups is 2. The lowest BCUT2D eigenvalue weighted by molar-refractivity contribution is -0.136. The van der Waals surface area contributed by atoms with E-state index in [9.17, 15) is 14.0 Å². The molecule has 0 aliphatic carbocycles. The highest BCUT2D eigenvalue weighted by Gasteiger charge is 2.38. The van der Waals surface area contributed by atoms with Gasteiger partial charge in [-0.3, -0.25) is 9.59 Å². The Morgan fingerprint density at radius 1 is 1.30 bits per heavy atom. The standard InChI is InChI=1S/C16H17FN4O2/c17-12-7-14(16(18)23)20(10-12)15(22)6-11-8-19-21(9-11)13-4-2-1-3-5-13/h1-5,8-9,12,14H,6-7,10H2,(H2,18,23)/t12-,14+/m1/s1. The van der Waals surface area contributed by atoms with E-state index in [0.717, 1.165) is 5.69 Å². The van der Waals surface area contributed by atoms with Crippen LogP contribution in [0.1, 0.15) is 12.0 Å². The molecule has 6 nitrogen and oxygen atoms in total. The van der Waals surface area contributed by atoms with Crippen LogP contribution in [0.25, 0.3) is 5.69 Å². The number of nitrogens with two attached hydrogens (primary N) is 1. The molecular formula is C16H17FN4O2. The molecule has 120 valence electrons. The van der Waals surface area contributed by atoms with Crippen molar-refractivity contribution in [2.24, 2.45) is 5.73 Å². The number of aromatic nitrogens is 2. The summed E-state index contributed by atoms with van der Waals surface area (Å²) in [5, 5.41) is 4.22. The summed E-state index contributed by atoms with van der Waals surface area (Å²) in [4.78, 5) is 24.9. The van der Waals surface area contributed by atoms with Crippen LogP contribution in [-0.2, 0) is 16.0 Å². The van der Waals surface area contributed by atoms with Gasteiger partial charge in [0.15, 0.2) is 0 Å². The Bertz CT molecular complexity index is 716. The van der Waals surface area contributed by atoms with Gasteiger partial charge in [-0.1, -0.05) is 18.2 Å². The van der Waals surface area contributed by atoms with Crippen LogP contribution in [0.2, 0.25) is 0 Å². The van der Waals surface area contributed by atoms with Gasteiger partial charge < -0.3 is 10.6 Å². The van der Waals surface area contributed by atoms with Gasteiger partial charge in [-0.2, -0.15) is 5.10 Å². The number of hydrogen-bond acceptors (Lipinski definition) is 3. The van der Waals surface area contributed by atoms with Gasteiger partial charge in [-0.25, -0.2) is 9.07 Å². The van der Waals surface area contributed by atoms with Gasteiger partial charge in [0.2, 0.25) is 11.8 Å². The summed E-state index contributed by atoms with van der Waals surface area (Å²) in [6.07, 6.45) is 2.17. The lowest BCUT2D eigenvalue weighted by atomic mass is 10.2. The number of primary amides is 1. The molecule has 1 aromatic heterocycles. The van der Waals surface area contributed by atoms with E-state index in [1.54, 1.807) is 17.1 Å². The third-order valence-electron chi connectivity index (χ3n) is 3.91. The van der Waals surface area contributed by atoms with E-state index >= 15 is 0 Å². The number of rotatable bonds is 4. The van der Waals surface area contributed by atoms with Crippen LogP contribution in [0.3, 0.4) is 0 Å². The minimum atomic E-state index is -1.21. The second kappa shape index (κ2) is 6.20. The summed E-state index contributed by atoms with van der Waals surface area (Å²) < 4.78 is 15.2. The van der Waals surface area contributed by atoms with Crippen molar-refractivity contribution in [2.75, 3.05) is 6.54 Å². The molecule has 23 heavy (non-hydrogen) atoms. The number of hydrogen-bond donors (Lipinski definition) is 1. The number of alkyl halides is 1. The van der Waals surface area contributed by atoms with Gasteiger partial charge in [0.1, 0.15) is 12.2 Å². The van der Waals surface area contributed by atoms with E-state index in [1.165, 1.54) is 4.90 Å². The zero-order valence-electron chi connectivity index (χ0n) is 12.4. The lowest BCUT2D eigenvalue weighted by Crippen LogP contribution is -2.44. The maximum atomic E-state index is 13.5. The number of halogens is 1. The van der Waals surface area contributed by atoms with Crippen molar-refractivity contribution in [2.45, 2.75) is 25.1 Å². The Morgan fingerprint density at radius 2 is 2.04 bits per heavy atom. The summed E-state index contributed by atoms with van der Waals surface area (Å²) in [7, 11) is 0. The van der Waals surface area contributed by atoms with Crippen LogP contribution in [0.15, 0.2) is 42.7 Å². The van der Waals surface area contributed by atoms with Gasteiger partial charge in [0.25, 0.3) is 0 Å². The average molecular weight is 316 g/mol. The Kier molecular flexibility index (Phi) is 4.10. The molecule has 2 atom stereocenters. The van der Waals surface area contributed by atoms with Crippen LogP contribution in [0, 0.1) is 0 Å². The van der Waals surface area contributed by atoms with E-state index in [4.69, 9.17) is 5.73 Å². The normalized spacial score (nSPS) is 20.7. The van der Waals surface area contributed by atoms with Crippen molar-refractivity contribution in [3.63, 3.8) is 0 Å². The predicted molar refractivity (Wildman–Crippen MR) is 81.5 cm³/mol. The fourth-order valence-electron chi connectivity index (χ4n) is 2.78. The van der Waals surface area contributed by atoms with Crippen molar-refractivity contribution >= 4 is 11.8 Å². The highest BCUT2D eigenvalue weighted by atomic mass is 19.1. The molecule has 3 rings (SSSR count). The molecule has 2 heterocycles. The summed E-state index contributed by atoms with van der Waals surface area (Å²) in [6.45, 7) is -0.0841. The molecule has 2 N–H and O–H groups in total. The SMILES string of the molecule is NC(=O)[C@@H]1C[C@@H](F)CN1C(=O)Cc1cnn(-c2ccccc2)c1. The van der Waals surface area contributed by atoms with Crippen LogP contribution in [-0.4, -0.2) is 45.3 Å². The Labute approximate surface area is 132 Å². The smallest absolute Gasteiger partial charge is 0.240 e. The van der Waals surface area contributed by atoms with Crippen LogP contribution in [0.5, 0.6) is 0 Å². The molecule has 0 bridgehead atoms. The maximum Gasteiger partial charge on any atom is 0.240 e. The van der Waals surface area contributed by atoms with Gasteiger partial charge in [-0.15, -0.1) is 0 Å². The molecule has 2 aromatic rings. The second-order valence-corrected chi connectivity index (χ2v) is 5.60. The van der Waals surface area contributed by atoms with E-state index in [1.807, 2.05) is 30.3 Å². The Balaban J connectivity index is 1.71. The molecule has 2 amide bonds. The van der Waals surface area contributed by atoms with Crippen molar-refractivity contribution in [3.05, 3.63) is 48.3 Å². The number of likely N-dealkylation sites (tertiary alicyclic amines) is 1. The fourth-order valence-corrected chi connectivity index (χ4v) is 2.78. The third kappa shape index (κ3) is 3.23. The van der Waals surface area contributed by atoms with Gasteiger partial charge in [-0.05, 0) is 17.7 Å². The van der Waals surface area contributed by atoms with E-state index in [2.05, 4.69) is 5.10 Å². The van der Waals surface area contributed by atoms with E-state index < -0.39 is 18.1 Å². The number of amides is 2. The van der Waals surface area contributed by atoms with Crippen molar-refractivity contribution in [3.8, 4) is 5.69 Å². The van der Waals surface area contributed by atoms with E-state index in [-0.39, 0.29) is 25.3 Å². The van der Waals surface area contributed by atoms with Crippen LogP contribution >= 0.6 is 0 Å². The molecule has 0 unspecified atom stereocenters. The summed E-state index contributed by atoms with van der Waals surface area (Å²) >= 11 is 0. The van der Waals surface area contributed by atoms with E-state index in [0.29, 0.717) is 5.56 Å². The minimum absolute atomic E-state index is 0.0235. The zero-order chi connectivity index (χ0) is 16.4. The highest BCUT2D eigenvalue weighted by molar-refractivity contribution is 5.88. The molecule has 1 fully saturated rings. The molecule has 1 saturated heterocycles. The minimum Gasteiger partial charge on any atom is -0.368 e. The lowest BCUT2D eigenvalue weighted by Gasteiger charge is -2.21. The highest BCUT2D eigenvalue weighted by Crippen LogP contribution is 2.21. The molecule has 0 radical (unpaired) electrons. The quantitative estimate of drug-likeness (QED) is 0.907. The molecule has 7 heteroatoms. The monoisotopic (exact) mass is 316 g/mol. The summed E-state index contributed by atoms with van der Waals surface area (Å²) in [5.41, 5.74) is 6.82. The molecular weight excluding hydrogens is 299 g/mol. The van der Waals surface area contributed by atoms with Crippen molar-refractivity contribution in [1.82, 2.24) is 14.7 Å². The summed E-state index contributed by atoms with van der Waals surface area (Å²) in [5.74, 6) is -0.986. The fraction of sp³-hybridized carbons (Fsp3) is 0.312. The summed E-state index contributed by atoms with van der Waals surface area (Å²) in [6, 6.07) is 8.63. The molecule has 0 spiro atoms. The van der Waals surface area contributed by atoms with Gasteiger partial charge in [0, 0.05) is 12.6 Å². The van der Waals surface area contributed by atoms with Crippen LogP contribution in [0.4, 0.5) is 4.39 Å². The van der Waals surface area contributed by atoms with Gasteiger partial charge in [0.05, 0.1) is 24.8 Å². The first-order valence-electron chi connectivity index (χ1n) is 7.36.